The molecule has 0 spiro atoms. The first-order chi connectivity index (χ1) is 11.3. The van der Waals surface area contributed by atoms with Crippen LogP contribution in [0.3, 0.4) is 0 Å². The summed E-state index contributed by atoms with van der Waals surface area (Å²) in [5, 5.41) is 0. The van der Waals surface area contributed by atoms with E-state index in [4.69, 9.17) is 9.47 Å². The summed E-state index contributed by atoms with van der Waals surface area (Å²) in [5.41, 5.74) is 1.31. The van der Waals surface area contributed by atoms with Crippen LogP contribution in [0.4, 0.5) is 5.69 Å². The maximum Gasteiger partial charge on any atom is 0.220 e. The number of anilines is 1. The standard InChI is InChI=1S/C17H21N3O2S/c1-21-16-11-17(22-2)19-15(18-16)12-23-14-7-5-13(6-8-14)20-9-3-4-10-20/h5-8,11H,3-4,9-10,12H2,1-2H3. The predicted octanol–water partition coefficient (Wildman–Crippen LogP) is 3.39. The van der Waals surface area contributed by atoms with Crippen molar-refractivity contribution in [3.05, 3.63) is 36.2 Å². The van der Waals surface area contributed by atoms with Gasteiger partial charge in [0.25, 0.3) is 0 Å². The van der Waals surface area contributed by atoms with Gasteiger partial charge >= 0.3 is 0 Å². The molecule has 2 aromatic rings. The predicted molar refractivity (Wildman–Crippen MR) is 92.6 cm³/mol. The highest BCUT2D eigenvalue weighted by molar-refractivity contribution is 7.98. The van der Waals surface area contributed by atoms with Crippen LogP contribution in [0.2, 0.25) is 0 Å². The van der Waals surface area contributed by atoms with E-state index in [1.54, 1.807) is 32.0 Å². The second-order valence-corrected chi connectivity index (χ2v) is 6.39. The summed E-state index contributed by atoms with van der Waals surface area (Å²) >= 11 is 1.71. The number of ether oxygens (including phenoxy) is 2. The Kier molecular flexibility index (Phi) is 5.23. The van der Waals surface area contributed by atoms with Gasteiger partial charge in [-0.1, -0.05) is 0 Å². The van der Waals surface area contributed by atoms with Crippen molar-refractivity contribution in [2.45, 2.75) is 23.5 Å². The fourth-order valence-corrected chi connectivity index (χ4v) is 3.35. The van der Waals surface area contributed by atoms with Gasteiger partial charge in [0.2, 0.25) is 11.8 Å². The summed E-state index contributed by atoms with van der Waals surface area (Å²) in [5.74, 6) is 2.43. The minimum absolute atomic E-state index is 0.525. The quantitative estimate of drug-likeness (QED) is 0.756. The minimum atomic E-state index is 0.525. The minimum Gasteiger partial charge on any atom is -0.481 e. The molecule has 0 aliphatic carbocycles. The van der Waals surface area contributed by atoms with Crippen molar-refractivity contribution in [1.82, 2.24) is 9.97 Å². The van der Waals surface area contributed by atoms with E-state index in [0.29, 0.717) is 23.3 Å². The summed E-state index contributed by atoms with van der Waals surface area (Å²) in [6.45, 7) is 2.34. The lowest BCUT2D eigenvalue weighted by atomic mass is 10.3. The summed E-state index contributed by atoms with van der Waals surface area (Å²) in [6.07, 6.45) is 2.59. The maximum atomic E-state index is 5.18. The van der Waals surface area contributed by atoms with E-state index in [-0.39, 0.29) is 0 Å². The van der Waals surface area contributed by atoms with Crippen molar-refractivity contribution in [3.63, 3.8) is 0 Å². The topological polar surface area (TPSA) is 47.5 Å². The molecule has 1 saturated heterocycles. The van der Waals surface area contributed by atoms with E-state index in [9.17, 15) is 0 Å². The van der Waals surface area contributed by atoms with E-state index >= 15 is 0 Å². The molecule has 3 rings (SSSR count). The molecule has 0 unspecified atom stereocenters. The van der Waals surface area contributed by atoms with Gasteiger partial charge in [0, 0.05) is 23.7 Å². The average molecular weight is 331 g/mol. The lowest BCUT2D eigenvalue weighted by Crippen LogP contribution is -2.17. The van der Waals surface area contributed by atoms with Gasteiger partial charge in [0.1, 0.15) is 5.82 Å². The summed E-state index contributed by atoms with van der Waals surface area (Å²) in [4.78, 5) is 12.3. The number of thioether (sulfide) groups is 1. The molecule has 0 radical (unpaired) electrons. The van der Waals surface area contributed by atoms with Crippen LogP contribution in [0.25, 0.3) is 0 Å². The molecule has 1 aliphatic rings. The van der Waals surface area contributed by atoms with Crippen molar-refractivity contribution >= 4 is 17.4 Å². The van der Waals surface area contributed by atoms with E-state index in [2.05, 4.69) is 39.1 Å². The molecule has 0 bridgehead atoms. The molecule has 6 heteroatoms. The van der Waals surface area contributed by atoms with Crippen LogP contribution in [0, 0.1) is 0 Å². The van der Waals surface area contributed by atoms with E-state index in [1.165, 1.54) is 36.5 Å². The van der Waals surface area contributed by atoms with Crippen LogP contribution in [0.15, 0.2) is 35.2 Å². The summed E-state index contributed by atoms with van der Waals surface area (Å²) < 4.78 is 10.4. The van der Waals surface area contributed by atoms with Crippen molar-refractivity contribution < 1.29 is 9.47 Å². The third-order valence-corrected chi connectivity index (χ3v) is 4.83. The van der Waals surface area contributed by atoms with Crippen LogP contribution in [-0.2, 0) is 5.75 Å². The van der Waals surface area contributed by atoms with Crippen molar-refractivity contribution in [3.8, 4) is 11.8 Å². The van der Waals surface area contributed by atoms with Crippen molar-refractivity contribution in [2.75, 3.05) is 32.2 Å². The Morgan fingerprint density at radius 1 is 1.00 bits per heavy atom. The number of nitrogens with zero attached hydrogens (tertiary/aromatic N) is 3. The van der Waals surface area contributed by atoms with Crippen molar-refractivity contribution in [1.29, 1.82) is 0 Å². The number of benzene rings is 1. The fraction of sp³-hybridized carbons (Fsp3) is 0.412. The number of hydrogen-bond donors (Lipinski definition) is 0. The van der Waals surface area contributed by atoms with E-state index in [0.717, 1.165) is 0 Å². The van der Waals surface area contributed by atoms with Crippen LogP contribution >= 0.6 is 11.8 Å². The third-order valence-electron chi connectivity index (χ3n) is 3.82. The second-order valence-electron chi connectivity index (χ2n) is 5.35. The second kappa shape index (κ2) is 7.55. The normalized spacial score (nSPS) is 14.1. The Morgan fingerprint density at radius 3 is 2.17 bits per heavy atom. The molecule has 23 heavy (non-hydrogen) atoms. The van der Waals surface area contributed by atoms with Gasteiger partial charge in [-0.2, -0.15) is 9.97 Å². The Labute approximate surface area is 141 Å². The first-order valence-electron chi connectivity index (χ1n) is 7.72. The lowest BCUT2D eigenvalue weighted by molar-refractivity contribution is 0.369. The zero-order chi connectivity index (χ0) is 16.1. The summed E-state index contributed by atoms with van der Waals surface area (Å²) in [7, 11) is 3.19. The van der Waals surface area contributed by atoms with Crippen LogP contribution in [0.5, 0.6) is 11.8 Å². The molecule has 1 fully saturated rings. The van der Waals surface area contributed by atoms with Gasteiger partial charge in [0.15, 0.2) is 0 Å². The molecule has 1 aromatic carbocycles. The molecule has 1 aliphatic heterocycles. The molecule has 0 N–H and O–H groups in total. The Morgan fingerprint density at radius 2 is 1.61 bits per heavy atom. The van der Waals surface area contributed by atoms with Crippen LogP contribution < -0.4 is 14.4 Å². The van der Waals surface area contributed by atoms with E-state index in [1.807, 2.05) is 0 Å². The Bertz CT molecular complexity index is 621. The number of methoxy groups -OCH3 is 2. The first kappa shape index (κ1) is 15.9. The SMILES string of the molecule is COc1cc(OC)nc(CSc2ccc(N3CCCC3)cc2)n1. The van der Waals surface area contributed by atoms with Gasteiger partial charge in [-0.3, -0.25) is 0 Å². The van der Waals surface area contributed by atoms with Crippen LogP contribution in [0.1, 0.15) is 18.7 Å². The first-order valence-corrected chi connectivity index (χ1v) is 8.71. The highest BCUT2D eigenvalue weighted by Crippen LogP contribution is 2.27. The monoisotopic (exact) mass is 331 g/mol. The average Bonchev–Trinajstić information content (AvgIpc) is 3.14. The van der Waals surface area contributed by atoms with Gasteiger partial charge < -0.3 is 14.4 Å². The molecule has 0 atom stereocenters. The smallest absolute Gasteiger partial charge is 0.220 e. The Balaban J connectivity index is 1.63. The molecular formula is C17H21N3O2S. The lowest BCUT2D eigenvalue weighted by Gasteiger charge is -2.17. The van der Waals surface area contributed by atoms with Gasteiger partial charge in [-0.05, 0) is 37.1 Å². The number of aromatic nitrogens is 2. The highest BCUT2D eigenvalue weighted by atomic mass is 32.2. The van der Waals surface area contributed by atoms with Gasteiger partial charge in [-0.25, -0.2) is 0 Å². The van der Waals surface area contributed by atoms with Crippen LogP contribution in [-0.4, -0.2) is 37.3 Å². The third kappa shape index (κ3) is 4.07. The molecule has 122 valence electrons. The largest absolute Gasteiger partial charge is 0.481 e. The van der Waals surface area contributed by atoms with Gasteiger partial charge in [-0.15, -0.1) is 11.8 Å². The molecule has 5 nitrogen and oxygen atoms in total. The highest BCUT2D eigenvalue weighted by Gasteiger charge is 2.12. The van der Waals surface area contributed by atoms with E-state index < -0.39 is 0 Å². The summed E-state index contributed by atoms with van der Waals surface area (Å²) in [6, 6.07) is 10.4. The zero-order valence-corrected chi connectivity index (χ0v) is 14.3. The van der Waals surface area contributed by atoms with Gasteiger partial charge in [0.05, 0.1) is 26.0 Å². The zero-order valence-electron chi connectivity index (χ0n) is 13.5. The molecule has 0 saturated carbocycles. The number of hydrogen-bond acceptors (Lipinski definition) is 6. The maximum absolute atomic E-state index is 5.18. The molecule has 0 amide bonds. The Hall–Kier alpha value is -1.95. The van der Waals surface area contributed by atoms with Crippen molar-refractivity contribution in [2.24, 2.45) is 0 Å². The molecule has 1 aromatic heterocycles. The number of rotatable bonds is 6. The fourth-order valence-electron chi connectivity index (χ4n) is 2.60. The molecular weight excluding hydrogens is 310 g/mol. The molecule has 2 heterocycles.